The van der Waals surface area contributed by atoms with Gasteiger partial charge in [0.25, 0.3) is 0 Å². The molecule has 11 rings (SSSR count). The van der Waals surface area contributed by atoms with Crippen molar-refractivity contribution in [3.63, 3.8) is 0 Å². The standard InChI is InChI=1S/C50H30O2/c1-3-14-32(15-4-1)47-48-44(52-49(47)33-16-5-2-6-17-33)28-26-41-42-30-36(25-27-43(42)51-50(41)48)46-39-21-11-9-19-37(39)45(38-20-10-12-22-40(38)46)35-24-23-31-13-7-8-18-34(31)29-35/h1-30H/i7D,8D,9D,10D,11D,12D,13D,18D,19D,20D,21D,22D,23D,24D,29D. The molecule has 0 amide bonds. The van der Waals surface area contributed by atoms with Gasteiger partial charge in [0.15, 0.2) is 0 Å². The van der Waals surface area contributed by atoms with Crippen LogP contribution >= 0.6 is 0 Å². The lowest BCUT2D eigenvalue weighted by atomic mass is 9.85. The molecule has 242 valence electrons. The van der Waals surface area contributed by atoms with Crippen molar-refractivity contribution in [2.24, 2.45) is 0 Å². The van der Waals surface area contributed by atoms with Crippen LogP contribution in [0.15, 0.2) is 190 Å². The van der Waals surface area contributed by atoms with Gasteiger partial charge in [-0.1, -0.05) is 151 Å². The first-order chi connectivity index (χ1) is 32.0. The summed E-state index contributed by atoms with van der Waals surface area (Å²) in [7, 11) is 0. The summed E-state index contributed by atoms with van der Waals surface area (Å²) in [6.07, 6.45) is 0. The Morgan fingerprint density at radius 3 is 1.67 bits per heavy atom. The van der Waals surface area contributed by atoms with Crippen molar-refractivity contribution in [2.75, 3.05) is 0 Å². The minimum Gasteiger partial charge on any atom is -0.455 e. The fourth-order valence-electron chi connectivity index (χ4n) is 7.32. The van der Waals surface area contributed by atoms with E-state index in [4.69, 9.17) is 21.2 Å². The molecule has 2 nitrogen and oxygen atoms in total. The maximum Gasteiger partial charge on any atom is 0.147 e. The molecule has 0 aliphatic heterocycles. The smallest absolute Gasteiger partial charge is 0.147 e. The summed E-state index contributed by atoms with van der Waals surface area (Å²) >= 11 is 0. The normalized spacial score (nSPS) is 15.9. The number of rotatable bonds is 4. The van der Waals surface area contributed by atoms with E-state index in [1.807, 2.05) is 72.8 Å². The van der Waals surface area contributed by atoms with Gasteiger partial charge in [0.1, 0.15) is 22.5 Å². The van der Waals surface area contributed by atoms with Crippen LogP contribution in [0.2, 0.25) is 0 Å². The number of benzene rings is 9. The number of hydrogen-bond donors (Lipinski definition) is 0. The van der Waals surface area contributed by atoms with Gasteiger partial charge < -0.3 is 8.83 Å². The van der Waals surface area contributed by atoms with E-state index in [0.717, 1.165) is 16.7 Å². The van der Waals surface area contributed by atoms with Crippen molar-refractivity contribution in [3.8, 4) is 44.7 Å². The molecule has 52 heavy (non-hydrogen) atoms. The van der Waals surface area contributed by atoms with E-state index in [1.165, 1.54) is 0 Å². The van der Waals surface area contributed by atoms with Gasteiger partial charge in [-0.3, -0.25) is 0 Å². The van der Waals surface area contributed by atoms with Crippen molar-refractivity contribution in [1.29, 1.82) is 0 Å². The molecule has 2 heterocycles. The highest BCUT2D eigenvalue weighted by atomic mass is 16.3. The van der Waals surface area contributed by atoms with Crippen molar-refractivity contribution in [1.82, 2.24) is 0 Å². The molecule has 0 atom stereocenters. The third-order valence-corrected chi connectivity index (χ3v) is 9.55. The van der Waals surface area contributed by atoms with Gasteiger partial charge in [0.05, 0.1) is 25.9 Å². The van der Waals surface area contributed by atoms with Gasteiger partial charge in [-0.25, -0.2) is 0 Å². The molecular weight excluding hydrogens is 633 g/mol. The second kappa shape index (κ2) is 11.3. The van der Waals surface area contributed by atoms with Crippen LogP contribution in [0.25, 0.3) is 110 Å². The summed E-state index contributed by atoms with van der Waals surface area (Å²) in [6, 6.07) is 17.9. The Bertz CT molecular complexity index is 3950. The maximum atomic E-state index is 9.50. The summed E-state index contributed by atoms with van der Waals surface area (Å²) < 4.78 is 148. The molecule has 0 aliphatic carbocycles. The van der Waals surface area contributed by atoms with E-state index in [0.29, 0.717) is 38.7 Å². The van der Waals surface area contributed by atoms with Crippen molar-refractivity contribution < 1.29 is 29.4 Å². The van der Waals surface area contributed by atoms with Gasteiger partial charge in [-0.05, 0) is 90.4 Å². The number of furan rings is 2. The predicted octanol–water partition coefficient (Wildman–Crippen LogP) is 14.5. The van der Waals surface area contributed by atoms with E-state index in [9.17, 15) is 8.22 Å². The van der Waals surface area contributed by atoms with E-state index < -0.39 is 107 Å². The third kappa shape index (κ3) is 4.31. The zero-order valence-electron chi connectivity index (χ0n) is 42.0. The second-order valence-corrected chi connectivity index (χ2v) is 12.4. The Morgan fingerprint density at radius 1 is 0.385 bits per heavy atom. The average molecular weight is 678 g/mol. The molecule has 11 aromatic rings. The van der Waals surface area contributed by atoms with Crippen LogP contribution in [0.5, 0.6) is 0 Å². The number of hydrogen-bond acceptors (Lipinski definition) is 2. The first-order valence-corrected chi connectivity index (χ1v) is 16.5. The minimum atomic E-state index is -0.750. The van der Waals surface area contributed by atoms with Crippen LogP contribution in [-0.2, 0) is 0 Å². The van der Waals surface area contributed by atoms with E-state index in [-0.39, 0.29) is 38.2 Å². The van der Waals surface area contributed by atoms with Crippen LogP contribution in [0, 0.1) is 0 Å². The summed E-state index contributed by atoms with van der Waals surface area (Å²) in [5, 5.41) is 0.00419. The molecule has 0 aliphatic rings. The van der Waals surface area contributed by atoms with Gasteiger partial charge >= 0.3 is 0 Å². The SMILES string of the molecule is [2H]c1c([2H])c([2H])c2c([2H])c(-c3c4c([2H])c([2H])c([2H])c([2H])c4c(-c4ccc5oc6c(ccc7oc(-c8ccccc8)c(-c8ccccc8)c76)c5c4)c4c([2H])c([2H])c([2H])c([2H])c34)c([2H])c([2H])c2c1[2H]. The van der Waals surface area contributed by atoms with Gasteiger partial charge in [-0.15, -0.1) is 0 Å². The quantitative estimate of drug-likeness (QED) is 0.173. The van der Waals surface area contributed by atoms with Crippen LogP contribution < -0.4 is 0 Å². The van der Waals surface area contributed by atoms with Crippen LogP contribution in [-0.4, -0.2) is 0 Å². The summed E-state index contributed by atoms with van der Waals surface area (Å²) in [6.45, 7) is 0. The fraction of sp³-hybridized carbons (Fsp3) is 0. The Balaban J connectivity index is 1.31. The predicted molar refractivity (Wildman–Crippen MR) is 218 cm³/mol. The monoisotopic (exact) mass is 677 g/mol. The maximum absolute atomic E-state index is 9.50. The Kier molecular flexibility index (Phi) is 3.88. The molecule has 0 spiro atoms. The van der Waals surface area contributed by atoms with Crippen molar-refractivity contribution in [2.45, 2.75) is 0 Å². The van der Waals surface area contributed by atoms with Crippen molar-refractivity contribution in [3.05, 3.63) is 182 Å². The molecule has 9 aromatic carbocycles. The molecule has 0 N–H and O–H groups in total. The summed E-state index contributed by atoms with van der Waals surface area (Å²) in [5.74, 6) is 0.632. The van der Waals surface area contributed by atoms with E-state index >= 15 is 0 Å². The third-order valence-electron chi connectivity index (χ3n) is 9.55. The van der Waals surface area contributed by atoms with Gasteiger partial charge in [0, 0.05) is 21.9 Å². The zero-order valence-corrected chi connectivity index (χ0v) is 27.0. The molecule has 0 saturated carbocycles. The lowest BCUT2D eigenvalue weighted by Crippen LogP contribution is -1.91. The highest BCUT2D eigenvalue weighted by Gasteiger charge is 2.23. The molecule has 0 fully saturated rings. The molecule has 0 saturated heterocycles. The topological polar surface area (TPSA) is 26.3 Å². The molecular formula is C50H30O2. The Morgan fingerprint density at radius 2 is 0.981 bits per heavy atom. The molecule has 0 radical (unpaired) electrons. The molecule has 0 unspecified atom stereocenters. The van der Waals surface area contributed by atoms with Crippen molar-refractivity contribution >= 4 is 65.2 Å². The molecule has 2 heteroatoms. The van der Waals surface area contributed by atoms with Crippen LogP contribution in [0.1, 0.15) is 20.6 Å². The fourth-order valence-corrected chi connectivity index (χ4v) is 7.32. The minimum absolute atomic E-state index is 0.00316. The summed E-state index contributed by atoms with van der Waals surface area (Å²) in [4.78, 5) is 0. The highest BCUT2D eigenvalue weighted by molar-refractivity contribution is 6.24. The largest absolute Gasteiger partial charge is 0.455 e. The van der Waals surface area contributed by atoms with E-state index in [1.54, 1.807) is 18.2 Å². The first kappa shape index (κ1) is 17.8. The van der Waals surface area contributed by atoms with Crippen LogP contribution in [0.3, 0.4) is 0 Å². The lowest BCUT2D eigenvalue weighted by molar-refractivity contribution is 0.631. The Hall–Kier alpha value is -6.90. The zero-order chi connectivity index (χ0) is 47.2. The van der Waals surface area contributed by atoms with Gasteiger partial charge in [0.2, 0.25) is 0 Å². The summed E-state index contributed by atoms with van der Waals surface area (Å²) in [5.41, 5.74) is 3.40. The second-order valence-electron chi connectivity index (χ2n) is 12.4. The number of fused-ring (bicyclic) bond motifs is 8. The Labute approximate surface area is 320 Å². The first-order valence-electron chi connectivity index (χ1n) is 24.0. The van der Waals surface area contributed by atoms with Crippen LogP contribution in [0.4, 0.5) is 0 Å². The van der Waals surface area contributed by atoms with Gasteiger partial charge in [-0.2, -0.15) is 0 Å². The molecule has 0 bridgehead atoms. The average Bonchev–Trinajstić information content (AvgIpc) is 3.92. The lowest BCUT2D eigenvalue weighted by Gasteiger charge is -2.18. The van der Waals surface area contributed by atoms with E-state index in [2.05, 4.69) is 0 Å². The molecule has 2 aromatic heterocycles. The highest BCUT2D eigenvalue weighted by Crippen LogP contribution is 2.48.